The number of carbonyl (C=O) groups excluding carboxylic acids is 2. The molecule has 0 spiro atoms. The molecule has 8 nitrogen and oxygen atoms in total. The molecule has 0 bridgehead atoms. The molecule has 1 aromatic rings. The summed E-state index contributed by atoms with van der Waals surface area (Å²) in [6.07, 6.45) is 0. The van der Waals surface area contributed by atoms with Crippen LogP contribution in [0.15, 0.2) is 12.1 Å². The summed E-state index contributed by atoms with van der Waals surface area (Å²) in [5.41, 5.74) is 4.93. The van der Waals surface area contributed by atoms with Gasteiger partial charge in [-0.2, -0.15) is 0 Å². The molecule has 0 saturated heterocycles. The molecule has 18 heavy (non-hydrogen) atoms. The number of primary amides is 1. The number of rotatable bonds is 5. The predicted molar refractivity (Wildman–Crippen MR) is 63.1 cm³/mol. The Morgan fingerprint density at radius 2 is 2.17 bits per heavy atom. The van der Waals surface area contributed by atoms with Crippen molar-refractivity contribution >= 4 is 30.3 Å². The van der Waals surface area contributed by atoms with Gasteiger partial charge in [0.05, 0.1) is 13.7 Å². The molecular formula is C9H12BN3O5. The normalized spacial score (nSPS) is 9.72. The molecule has 0 aliphatic carbocycles. The highest BCUT2D eigenvalue weighted by molar-refractivity contribution is 6.60. The lowest BCUT2D eigenvalue weighted by molar-refractivity contribution is -0.116. The Balaban J connectivity index is 3.07. The minimum absolute atomic E-state index is 0.0175. The molecular weight excluding hydrogens is 241 g/mol. The predicted octanol–water partition coefficient (Wildman–Crippen LogP) is -2.55. The number of methoxy groups -OCH3 is 1. The lowest BCUT2D eigenvalue weighted by atomic mass is 9.80. The van der Waals surface area contributed by atoms with Gasteiger partial charge in [0.25, 0.3) is 0 Å². The van der Waals surface area contributed by atoms with Crippen LogP contribution in [-0.2, 0) is 9.53 Å². The third-order valence-corrected chi connectivity index (χ3v) is 2.03. The molecule has 0 fully saturated rings. The number of amides is 1. The fraction of sp³-hybridized carbons (Fsp3) is 0.222. The molecule has 1 rings (SSSR count). The SMILES string of the molecule is COC(=O)c1ccc(B(O)O)c(NCC(N)=O)n1. The Kier molecular flexibility index (Phi) is 4.63. The van der Waals surface area contributed by atoms with Gasteiger partial charge in [0.15, 0.2) is 5.69 Å². The molecule has 9 heteroatoms. The van der Waals surface area contributed by atoms with Crippen molar-refractivity contribution in [2.75, 3.05) is 19.0 Å². The van der Waals surface area contributed by atoms with Crippen LogP contribution in [0.25, 0.3) is 0 Å². The molecule has 0 aromatic carbocycles. The fourth-order valence-corrected chi connectivity index (χ4v) is 1.21. The van der Waals surface area contributed by atoms with E-state index in [1.807, 2.05) is 0 Å². The second-order valence-electron chi connectivity index (χ2n) is 3.32. The minimum atomic E-state index is -1.79. The average molecular weight is 253 g/mol. The third kappa shape index (κ3) is 3.44. The van der Waals surface area contributed by atoms with E-state index < -0.39 is 19.0 Å². The van der Waals surface area contributed by atoms with E-state index in [0.717, 1.165) is 0 Å². The van der Waals surface area contributed by atoms with Crippen LogP contribution < -0.4 is 16.5 Å². The van der Waals surface area contributed by atoms with Gasteiger partial charge in [0.2, 0.25) is 5.91 Å². The highest BCUT2D eigenvalue weighted by Crippen LogP contribution is 2.04. The number of hydrogen-bond donors (Lipinski definition) is 4. The number of nitrogens with one attached hydrogen (secondary N) is 1. The zero-order valence-electron chi connectivity index (χ0n) is 9.58. The van der Waals surface area contributed by atoms with Crippen LogP contribution in [0, 0.1) is 0 Å². The van der Waals surface area contributed by atoms with E-state index in [0.29, 0.717) is 0 Å². The molecule has 0 saturated carbocycles. The zero-order chi connectivity index (χ0) is 13.7. The second kappa shape index (κ2) is 5.98. The number of nitrogens with two attached hydrogens (primary N) is 1. The van der Waals surface area contributed by atoms with Crippen molar-refractivity contribution < 1.29 is 24.4 Å². The summed E-state index contributed by atoms with van der Waals surface area (Å²) in [6, 6.07) is 2.56. The second-order valence-corrected chi connectivity index (χ2v) is 3.32. The molecule has 5 N–H and O–H groups in total. The Morgan fingerprint density at radius 1 is 1.50 bits per heavy atom. The van der Waals surface area contributed by atoms with Gasteiger partial charge in [-0.05, 0) is 6.07 Å². The molecule has 0 radical (unpaired) electrons. The van der Waals surface area contributed by atoms with Gasteiger partial charge in [-0.25, -0.2) is 9.78 Å². The number of hydrogen-bond acceptors (Lipinski definition) is 7. The van der Waals surface area contributed by atoms with E-state index in [-0.39, 0.29) is 23.5 Å². The van der Waals surface area contributed by atoms with Crippen molar-refractivity contribution in [1.82, 2.24) is 4.98 Å². The third-order valence-electron chi connectivity index (χ3n) is 2.03. The van der Waals surface area contributed by atoms with Gasteiger partial charge in [-0.1, -0.05) is 6.07 Å². The lowest BCUT2D eigenvalue weighted by Gasteiger charge is -2.10. The first-order valence-electron chi connectivity index (χ1n) is 4.93. The van der Waals surface area contributed by atoms with Crippen LogP contribution in [-0.4, -0.2) is 47.7 Å². The number of nitrogens with zero attached hydrogens (tertiary/aromatic N) is 1. The van der Waals surface area contributed by atoms with Crippen LogP contribution in [0.5, 0.6) is 0 Å². The van der Waals surface area contributed by atoms with Gasteiger partial charge in [0, 0.05) is 5.46 Å². The molecule has 0 aliphatic heterocycles. The van der Waals surface area contributed by atoms with Crippen molar-refractivity contribution in [2.45, 2.75) is 0 Å². The standard InChI is InChI=1S/C9H12BN3O5/c1-18-9(15)6-3-2-5(10(16)17)8(13-6)12-4-7(11)14/h2-3,16-17H,4H2,1H3,(H2,11,14)(H,12,13). The van der Waals surface area contributed by atoms with Crippen molar-refractivity contribution in [2.24, 2.45) is 5.73 Å². The van der Waals surface area contributed by atoms with Crippen molar-refractivity contribution in [3.63, 3.8) is 0 Å². The highest BCUT2D eigenvalue weighted by Gasteiger charge is 2.20. The van der Waals surface area contributed by atoms with E-state index in [4.69, 9.17) is 15.8 Å². The summed E-state index contributed by atoms with van der Waals surface area (Å²) in [5.74, 6) is -1.36. The molecule has 0 atom stereocenters. The Hall–Kier alpha value is -2.13. The smallest absolute Gasteiger partial charge is 0.464 e. The minimum Gasteiger partial charge on any atom is -0.464 e. The summed E-state index contributed by atoms with van der Waals surface area (Å²) in [7, 11) is -0.602. The Bertz CT molecular complexity index is 466. The maximum absolute atomic E-state index is 11.3. The summed E-state index contributed by atoms with van der Waals surface area (Å²) in [6.45, 7) is -0.253. The molecule has 0 aliphatic rings. The number of pyridine rings is 1. The van der Waals surface area contributed by atoms with Crippen molar-refractivity contribution in [3.8, 4) is 0 Å². The summed E-state index contributed by atoms with van der Waals surface area (Å²) >= 11 is 0. The average Bonchev–Trinajstić information content (AvgIpc) is 2.34. The van der Waals surface area contributed by atoms with Gasteiger partial charge in [-0.3, -0.25) is 4.79 Å². The highest BCUT2D eigenvalue weighted by atomic mass is 16.5. The van der Waals surface area contributed by atoms with Gasteiger partial charge in [-0.15, -0.1) is 0 Å². The van der Waals surface area contributed by atoms with Crippen molar-refractivity contribution in [3.05, 3.63) is 17.8 Å². The van der Waals surface area contributed by atoms with Crippen LogP contribution in [0.4, 0.5) is 5.82 Å². The Labute approximate surface area is 103 Å². The largest absolute Gasteiger partial charge is 0.492 e. The van der Waals surface area contributed by atoms with E-state index in [1.165, 1.54) is 19.2 Å². The molecule has 1 aromatic heterocycles. The molecule has 1 amide bonds. The first kappa shape index (κ1) is 13.9. The van der Waals surface area contributed by atoms with Gasteiger partial charge < -0.3 is 25.8 Å². The zero-order valence-corrected chi connectivity index (χ0v) is 9.58. The number of carbonyl (C=O) groups is 2. The maximum atomic E-state index is 11.3. The first-order valence-corrected chi connectivity index (χ1v) is 4.93. The number of ether oxygens (including phenoxy) is 1. The lowest BCUT2D eigenvalue weighted by Crippen LogP contribution is -2.35. The van der Waals surface area contributed by atoms with Crippen LogP contribution in [0.3, 0.4) is 0 Å². The number of aromatic nitrogens is 1. The topological polar surface area (TPSA) is 135 Å². The molecule has 1 heterocycles. The Morgan fingerprint density at radius 3 is 2.67 bits per heavy atom. The van der Waals surface area contributed by atoms with E-state index in [9.17, 15) is 9.59 Å². The first-order chi connectivity index (χ1) is 8.45. The van der Waals surface area contributed by atoms with Gasteiger partial charge in [0.1, 0.15) is 5.82 Å². The fourth-order valence-electron chi connectivity index (χ4n) is 1.21. The van der Waals surface area contributed by atoms with Crippen LogP contribution in [0.1, 0.15) is 10.5 Å². The molecule has 96 valence electrons. The quantitative estimate of drug-likeness (QED) is 0.335. The summed E-state index contributed by atoms with van der Waals surface area (Å²) in [4.78, 5) is 25.7. The number of esters is 1. The van der Waals surface area contributed by atoms with E-state index in [2.05, 4.69) is 15.0 Å². The monoisotopic (exact) mass is 253 g/mol. The summed E-state index contributed by atoms with van der Waals surface area (Å²) < 4.78 is 4.47. The van der Waals surface area contributed by atoms with E-state index in [1.54, 1.807) is 0 Å². The summed E-state index contributed by atoms with van der Waals surface area (Å²) in [5, 5.41) is 20.7. The van der Waals surface area contributed by atoms with Crippen molar-refractivity contribution in [1.29, 1.82) is 0 Å². The maximum Gasteiger partial charge on any atom is 0.492 e. The molecule has 0 unspecified atom stereocenters. The van der Waals surface area contributed by atoms with Crippen LogP contribution in [0.2, 0.25) is 0 Å². The van der Waals surface area contributed by atoms with E-state index >= 15 is 0 Å². The van der Waals surface area contributed by atoms with Crippen LogP contribution >= 0.6 is 0 Å². The van der Waals surface area contributed by atoms with Gasteiger partial charge >= 0.3 is 13.1 Å². The number of anilines is 1.